The summed E-state index contributed by atoms with van der Waals surface area (Å²) < 4.78 is 5.42. The molecule has 3 heterocycles. The Morgan fingerprint density at radius 2 is 2.32 bits per heavy atom. The van der Waals surface area contributed by atoms with Crippen LogP contribution in [-0.4, -0.2) is 47.5 Å². The summed E-state index contributed by atoms with van der Waals surface area (Å²) in [4.78, 5) is 10.7. The Bertz CT molecular complexity index is 570. The van der Waals surface area contributed by atoms with Gasteiger partial charge >= 0.3 is 0 Å². The second-order valence-electron chi connectivity index (χ2n) is 4.81. The molecule has 0 unspecified atom stereocenters. The summed E-state index contributed by atoms with van der Waals surface area (Å²) in [5.74, 6) is 0. The number of fused-ring (bicyclic) bond motifs is 1. The molecule has 2 atom stereocenters. The van der Waals surface area contributed by atoms with Crippen molar-refractivity contribution in [3.05, 3.63) is 30.7 Å². The molecule has 0 amide bonds. The molecule has 0 aromatic carbocycles. The quantitative estimate of drug-likeness (QED) is 0.898. The summed E-state index contributed by atoms with van der Waals surface area (Å²) in [7, 11) is 1.72. The Morgan fingerprint density at radius 1 is 1.42 bits per heavy atom. The lowest BCUT2D eigenvalue weighted by Crippen LogP contribution is -2.32. The Morgan fingerprint density at radius 3 is 3.11 bits per heavy atom. The van der Waals surface area contributed by atoms with Gasteiger partial charge in [-0.05, 0) is 18.6 Å². The van der Waals surface area contributed by atoms with Crippen LogP contribution in [-0.2, 0) is 4.74 Å². The third-order valence-corrected chi connectivity index (χ3v) is 3.75. The fourth-order valence-corrected chi connectivity index (χ4v) is 2.74. The van der Waals surface area contributed by atoms with E-state index in [1.54, 1.807) is 19.5 Å². The average molecular weight is 259 g/mol. The summed E-state index contributed by atoms with van der Waals surface area (Å²) in [6.45, 7) is 0.916. The Hall–Kier alpha value is -1.72. The Labute approximate surface area is 111 Å². The lowest BCUT2D eigenvalue weighted by atomic mass is 10.2. The Kier molecular flexibility index (Phi) is 3.31. The van der Waals surface area contributed by atoms with E-state index in [-0.39, 0.29) is 18.8 Å². The molecule has 2 aromatic rings. The van der Waals surface area contributed by atoms with Crippen LogP contribution in [0.4, 0.5) is 5.69 Å². The van der Waals surface area contributed by atoms with E-state index in [4.69, 9.17) is 4.74 Å². The molecule has 0 bridgehead atoms. The van der Waals surface area contributed by atoms with Crippen LogP contribution in [0.3, 0.4) is 0 Å². The highest BCUT2D eigenvalue weighted by Gasteiger charge is 2.32. The third kappa shape index (κ3) is 2.15. The van der Waals surface area contributed by atoms with Crippen LogP contribution in [0.15, 0.2) is 30.7 Å². The zero-order chi connectivity index (χ0) is 13.2. The second-order valence-corrected chi connectivity index (χ2v) is 4.81. The molecule has 1 N–H and O–H groups in total. The highest BCUT2D eigenvalue weighted by atomic mass is 16.5. The molecule has 1 saturated heterocycles. The highest BCUT2D eigenvalue weighted by molar-refractivity contribution is 5.91. The first-order chi connectivity index (χ1) is 9.33. The van der Waals surface area contributed by atoms with Gasteiger partial charge in [-0.25, -0.2) is 0 Å². The standard InChI is InChI=1S/C14H17N3O2/c1-19-11-6-10(9-18)17(8-11)14-3-5-16-13-2-4-15-7-12(13)14/h2-5,7,10-11,18H,6,8-9H2,1H3/t10-,11+/m0/s1. The molecule has 5 nitrogen and oxygen atoms in total. The molecule has 0 saturated carbocycles. The molecule has 2 aromatic heterocycles. The summed E-state index contributed by atoms with van der Waals surface area (Å²) in [5, 5.41) is 10.6. The lowest BCUT2D eigenvalue weighted by Gasteiger charge is -2.26. The maximum atomic E-state index is 9.55. The van der Waals surface area contributed by atoms with Crippen LogP contribution in [0.5, 0.6) is 0 Å². The smallest absolute Gasteiger partial charge is 0.0766 e. The van der Waals surface area contributed by atoms with Gasteiger partial charge in [0.15, 0.2) is 0 Å². The predicted molar refractivity (Wildman–Crippen MR) is 73.2 cm³/mol. The number of hydrogen-bond acceptors (Lipinski definition) is 5. The maximum absolute atomic E-state index is 9.55. The highest BCUT2D eigenvalue weighted by Crippen LogP contribution is 2.31. The number of hydrogen-bond donors (Lipinski definition) is 1. The van der Waals surface area contributed by atoms with Gasteiger partial charge in [0.05, 0.1) is 24.3 Å². The summed E-state index contributed by atoms with van der Waals surface area (Å²) in [6, 6.07) is 3.97. The normalized spacial score (nSPS) is 23.2. The third-order valence-electron chi connectivity index (χ3n) is 3.75. The topological polar surface area (TPSA) is 58.5 Å². The number of anilines is 1. The first-order valence-corrected chi connectivity index (χ1v) is 6.42. The van der Waals surface area contributed by atoms with E-state index >= 15 is 0 Å². The van der Waals surface area contributed by atoms with E-state index in [0.29, 0.717) is 0 Å². The fourth-order valence-electron chi connectivity index (χ4n) is 2.74. The van der Waals surface area contributed by atoms with Crippen LogP contribution in [0.2, 0.25) is 0 Å². The molecule has 1 aliphatic heterocycles. The summed E-state index contributed by atoms with van der Waals surface area (Å²) >= 11 is 0. The molecular formula is C14H17N3O2. The molecule has 3 rings (SSSR count). The lowest BCUT2D eigenvalue weighted by molar-refractivity contribution is 0.115. The SMILES string of the molecule is CO[C@@H]1C[C@@H](CO)N(c2ccnc3ccncc23)C1. The Balaban J connectivity index is 2.04. The number of aliphatic hydroxyl groups is 1. The van der Waals surface area contributed by atoms with Gasteiger partial charge in [-0.3, -0.25) is 9.97 Å². The van der Waals surface area contributed by atoms with Crippen molar-refractivity contribution in [2.75, 3.05) is 25.2 Å². The fraction of sp³-hybridized carbons (Fsp3) is 0.429. The largest absolute Gasteiger partial charge is 0.394 e. The number of aliphatic hydroxyl groups excluding tert-OH is 1. The zero-order valence-electron chi connectivity index (χ0n) is 10.9. The summed E-state index contributed by atoms with van der Waals surface area (Å²) in [6.07, 6.45) is 6.37. The first-order valence-electron chi connectivity index (χ1n) is 6.42. The van der Waals surface area contributed by atoms with Crippen molar-refractivity contribution < 1.29 is 9.84 Å². The van der Waals surface area contributed by atoms with Crippen LogP contribution < -0.4 is 4.90 Å². The molecular weight excluding hydrogens is 242 g/mol. The van der Waals surface area contributed by atoms with Gasteiger partial charge in [0, 0.05) is 43.3 Å². The monoisotopic (exact) mass is 259 g/mol. The number of pyridine rings is 2. The van der Waals surface area contributed by atoms with Crippen LogP contribution in [0, 0.1) is 0 Å². The molecule has 0 spiro atoms. The van der Waals surface area contributed by atoms with E-state index < -0.39 is 0 Å². The van der Waals surface area contributed by atoms with Crippen molar-refractivity contribution in [2.45, 2.75) is 18.6 Å². The molecule has 1 fully saturated rings. The molecule has 0 radical (unpaired) electrons. The van der Waals surface area contributed by atoms with Crippen molar-refractivity contribution in [2.24, 2.45) is 0 Å². The van der Waals surface area contributed by atoms with Crippen LogP contribution in [0.1, 0.15) is 6.42 Å². The van der Waals surface area contributed by atoms with Gasteiger partial charge in [-0.15, -0.1) is 0 Å². The molecule has 100 valence electrons. The molecule has 19 heavy (non-hydrogen) atoms. The van der Waals surface area contributed by atoms with Gasteiger partial charge in [0.25, 0.3) is 0 Å². The van der Waals surface area contributed by atoms with Crippen molar-refractivity contribution in [1.82, 2.24) is 9.97 Å². The van der Waals surface area contributed by atoms with Gasteiger partial charge in [0.1, 0.15) is 0 Å². The van der Waals surface area contributed by atoms with Gasteiger partial charge in [-0.1, -0.05) is 0 Å². The number of rotatable bonds is 3. The number of methoxy groups -OCH3 is 1. The first kappa shape index (κ1) is 12.3. The van der Waals surface area contributed by atoms with Crippen molar-refractivity contribution >= 4 is 16.6 Å². The predicted octanol–water partition coefficient (Wildman–Crippen LogP) is 1.22. The molecule has 5 heteroatoms. The number of ether oxygens (including phenoxy) is 1. The van der Waals surface area contributed by atoms with Crippen LogP contribution in [0.25, 0.3) is 10.9 Å². The van der Waals surface area contributed by atoms with Crippen molar-refractivity contribution in [3.8, 4) is 0 Å². The van der Waals surface area contributed by atoms with E-state index in [9.17, 15) is 5.11 Å². The van der Waals surface area contributed by atoms with E-state index in [2.05, 4.69) is 14.9 Å². The molecule has 0 aliphatic carbocycles. The van der Waals surface area contributed by atoms with Gasteiger partial charge in [0.2, 0.25) is 0 Å². The van der Waals surface area contributed by atoms with Gasteiger partial charge < -0.3 is 14.7 Å². The minimum absolute atomic E-state index is 0.0933. The minimum Gasteiger partial charge on any atom is -0.394 e. The minimum atomic E-state index is 0.0933. The molecule has 1 aliphatic rings. The van der Waals surface area contributed by atoms with Crippen LogP contribution >= 0.6 is 0 Å². The van der Waals surface area contributed by atoms with E-state index in [0.717, 1.165) is 29.6 Å². The number of aromatic nitrogens is 2. The van der Waals surface area contributed by atoms with Gasteiger partial charge in [-0.2, -0.15) is 0 Å². The van der Waals surface area contributed by atoms with E-state index in [1.807, 2.05) is 18.3 Å². The van der Waals surface area contributed by atoms with Crippen molar-refractivity contribution in [1.29, 1.82) is 0 Å². The summed E-state index contributed by atoms with van der Waals surface area (Å²) in [5.41, 5.74) is 1.99. The van der Waals surface area contributed by atoms with E-state index in [1.165, 1.54) is 0 Å². The average Bonchev–Trinajstić information content (AvgIpc) is 2.90. The number of nitrogens with zero attached hydrogens (tertiary/aromatic N) is 3. The zero-order valence-corrected chi connectivity index (χ0v) is 10.9. The van der Waals surface area contributed by atoms with Crippen molar-refractivity contribution in [3.63, 3.8) is 0 Å². The maximum Gasteiger partial charge on any atom is 0.0766 e. The second kappa shape index (κ2) is 5.11.